The Morgan fingerprint density at radius 1 is 1.39 bits per heavy atom. The standard InChI is InChI=1S/C17H25N3O3/c1-12(2)10-13(18)17(22)19-8-5-9-20-14-6-3-4-7-15(14)23-11-16(20)21/h3-4,6-7,12-13H,5,8-11,18H2,1-2H3,(H,19,22)/t13-/m0/s1. The van der Waals surface area contributed by atoms with E-state index in [2.05, 4.69) is 5.32 Å². The molecule has 1 aromatic rings. The molecular formula is C17H25N3O3. The first-order chi connectivity index (χ1) is 11.0. The molecule has 0 aliphatic carbocycles. The average molecular weight is 319 g/mol. The summed E-state index contributed by atoms with van der Waals surface area (Å²) in [6, 6.07) is 7.00. The van der Waals surface area contributed by atoms with Gasteiger partial charge in [-0.25, -0.2) is 0 Å². The summed E-state index contributed by atoms with van der Waals surface area (Å²) in [4.78, 5) is 25.6. The summed E-state index contributed by atoms with van der Waals surface area (Å²) in [5.74, 6) is 0.909. The first-order valence-corrected chi connectivity index (χ1v) is 8.04. The van der Waals surface area contributed by atoms with Crippen LogP contribution in [0, 0.1) is 5.92 Å². The maximum atomic E-state index is 12.0. The van der Waals surface area contributed by atoms with Crippen molar-refractivity contribution in [2.45, 2.75) is 32.7 Å². The number of amides is 2. The monoisotopic (exact) mass is 319 g/mol. The molecule has 126 valence electrons. The molecule has 2 amide bonds. The number of fused-ring (bicyclic) bond motifs is 1. The van der Waals surface area contributed by atoms with Crippen molar-refractivity contribution in [2.75, 3.05) is 24.6 Å². The van der Waals surface area contributed by atoms with Gasteiger partial charge in [0.15, 0.2) is 6.61 Å². The van der Waals surface area contributed by atoms with Gasteiger partial charge in [0, 0.05) is 13.1 Å². The van der Waals surface area contributed by atoms with Gasteiger partial charge in [-0.05, 0) is 30.9 Å². The summed E-state index contributed by atoms with van der Waals surface area (Å²) in [6.45, 7) is 5.17. The van der Waals surface area contributed by atoms with E-state index in [1.165, 1.54) is 0 Å². The van der Waals surface area contributed by atoms with Crippen LogP contribution >= 0.6 is 0 Å². The third kappa shape index (κ3) is 4.69. The second-order valence-electron chi connectivity index (χ2n) is 6.18. The van der Waals surface area contributed by atoms with Gasteiger partial charge in [-0.15, -0.1) is 0 Å². The first kappa shape index (κ1) is 17.3. The van der Waals surface area contributed by atoms with E-state index >= 15 is 0 Å². The number of ether oxygens (including phenoxy) is 1. The van der Waals surface area contributed by atoms with Gasteiger partial charge in [0.1, 0.15) is 5.75 Å². The minimum Gasteiger partial charge on any atom is -0.482 e. The molecule has 0 bridgehead atoms. The smallest absolute Gasteiger partial charge is 0.265 e. The zero-order valence-electron chi connectivity index (χ0n) is 13.7. The molecule has 3 N–H and O–H groups in total. The maximum absolute atomic E-state index is 12.0. The highest BCUT2D eigenvalue weighted by molar-refractivity contribution is 5.97. The number of hydrogen-bond acceptors (Lipinski definition) is 4. The quantitative estimate of drug-likeness (QED) is 0.742. The van der Waals surface area contributed by atoms with Gasteiger partial charge in [-0.2, -0.15) is 0 Å². The van der Waals surface area contributed by atoms with Gasteiger partial charge in [-0.1, -0.05) is 26.0 Å². The molecule has 6 nitrogen and oxygen atoms in total. The molecule has 2 rings (SSSR count). The van der Waals surface area contributed by atoms with E-state index in [0.717, 1.165) is 11.4 Å². The summed E-state index contributed by atoms with van der Waals surface area (Å²) >= 11 is 0. The van der Waals surface area contributed by atoms with Gasteiger partial charge in [0.25, 0.3) is 5.91 Å². The molecule has 1 aliphatic heterocycles. The van der Waals surface area contributed by atoms with Gasteiger partial charge in [0.2, 0.25) is 5.91 Å². The average Bonchev–Trinajstić information content (AvgIpc) is 2.52. The minimum atomic E-state index is -0.472. The molecule has 6 heteroatoms. The van der Waals surface area contributed by atoms with Crippen LogP contribution in [-0.2, 0) is 9.59 Å². The molecule has 1 atom stereocenters. The van der Waals surface area contributed by atoms with E-state index in [-0.39, 0.29) is 18.4 Å². The Kier molecular flexibility index (Phi) is 5.98. The van der Waals surface area contributed by atoms with Crippen molar-refractivity contribution in [3.63, 3.8) is 0 Å². The minimum absolute atomic E-state index is 0.0582. The molecular weight excluding hydrogens is 294 g/mol. The second-order valence-corrected chi connectivity index (χ2v) is 6.18. The zero-order chi connectivity index (χ0) is 16.8. The number of anilines is 1. The fraction of sp³-hybridized carbons (Fsp3) is 0.529. The predicted octanol–water partition coefficient (Wildman–Crippen LogP) is 1.29. The number of carbonyl (C=O) groups is 2. The fourth-order valence-electron chi connectivity index (χ4n) is 2.59. The molecule has 23 heavy (non-hydrogen) atoms. The van der Waals surface area contributed by atoms with Crippen molar-refractivity contribution in [1.82, 2.24) is 5.32 Å². The third-order valence-electron chi connectivity index (χ3n) is 3.73. The molecule has 0 aromatic heterocycles. The molecule has 0 saturated heterocycles. The lowest BCUT2D eigenvalue weighted by molar-refractivity contribution is -0.122. The molecule has 1 heterocycles. The number of carbonyl (C=O) groups excluding carboxylic acids is 2. The number of nitrogens with zero attached hydrogens (tertiary/aromatic N) is 1. The normalized spacial score (nSPS) is 15.1. The Balaban J connectivity index is 1.80. The number of hydrogen-bond donors (Lipinski definition) is 2. The van der Waals surface area contributed by atoms with E-state index in [1.807, 2.05) is 38.1 Å². The highest BCUT2D eigenvalue weighted by atomic mass is 16.5. The van der Waals surface area contributed by atoms with Crippen molar-refractivity contribution < 1.29 is 14.3 Å². The van der Waals surface area contributed by atoms with Crippen LogP contribution in [0.15, 0.2) is 24.3 Å². The zero-order valence-corrected chi connectivity index (χ0v) is 13.7. The first-order valence-electron chi connectivity index (χ1n) is 8.04. The van der Waals surface area contributed by atoms with Crippen LogP contribution in [0.1, 0.15) is 26.7 Å². The van der Waals surface area contributed by atoms with Crippen molar-refractivity contribution in [2.24, 2.45) is 11.7 Å². The van der Waals surface area contributed by atoms with Gasteiger partial charge in [-0.3, -0.25) is 9.59 Å². The summed E-state index contributed by atoms with van der Waals surface area (Å²) in [7, 11) is 0. The number of benzene rings is 1. The fourth-order valence-corrected chi connectivity index (χ4v) is 2.59. The maximum Gasteiger partial charge on any atom is 0.265 e. The number of nitrogens with one attached hydrogen (secondary N) is 1. The van der Waals surface area contributed by atoms with E-state index < -0.39 is 6.04 Å². The van der Waals surface area contributed by atoms with E-state index in [1.54, 1.807) is 4.90 Å². The SMILES string of the molecule is CC(C)C[C@H](N)C(=O)NCCCN1C(=O)COc2ccccc21. The van der Waals surface area contributed by atoms with Gasteiger partial charge in [0.05, 0.1) is 11.7 Å². The van der Waals surface area contributed by atoms with Crippen LogP contribution in [0.4, 0.5) is 5.69 Å². The van der Waals surface area contributed by atoms with Crippen molar-refractivity contribution in [3.05, 3.63) is 24.3 Å². The molecule has 1 aromatic carbocycles. The van der Waals surface area contributed by atoms with Crippen molar-refractivity contribution in [3.8, 4) is 5.75 Å². The van der Waals surface area contributed by atoms with Crippen LogP contribution in [-0.4, -0.2) is 37.6 Å². The largest absolute Gasteiger partial charge is 0.482 e. The molecule has 0 saturated carbocycles. The van der Waals surface area contributed by atoms with Crippen LogP contribution in [0.25, 0.3) is 0 Å². The molecule has 1 aliphatic rings. The number of para-hydroxylation sites is 2. The van der Waals surface area contributed by atoms with Gasteiger partial charge < -0.3 is 20.7 Å². The summed E-state index contributed by atoms with van der Waals surface area (Å²) in [6.07, 6.45) is 1.33. The lowest BCUT2D eigenvalue weighted by atomic mass is 10.0. The van der Waals surface area contributed by atoms with E-state index in [0.29, 0.717) is 31.8 Å². The summed E-state index contributed by atoms with van der Waals surface area (Å²) in [5.41, 5.74) is 6.62. The molecule has 0 fully saturated rings. The summed E-state index contributed by atoms with van der Waals surface area (Å²) in [5, 5.41) is 2.83. The van der Waals surface area contributed by atoms with E-state index in [4.69, 9.17) is 10.5 Å². The van der Waals surface area contributed by atoms with Crippen LogP contribution in [0.3, 0.4) is 0 Å². The van der Waals surface area contributed by atoms with Crippen LogP contribution < -0.4 is 20.7 Å². The second kappa shape index (κ2) is 7.97. The predicted molar refractivity (Wildman–Crippen MR) is 89.3 cm³/mol. The van der Waals surface area contributed by atoms with E-state index in [9.17, 15) is 9.59 Å². The Morgan fingerprint density at radius 2 is 2.13 bits per heavy atom. The van der Waals surface area contributed by atoms with Crippen molar-refractivity contribution in [1.29, 1.82) is 0 Å². The highest BCUT2D eigenvalue weighted by Crippen LogP contribution is 2.31. The van der Waals surface area contributed by atoms with Crippen LogP contribution in [0.2, 0.25) is 0 Å². The topological polar surface area (TPSA) is 84.7 Å². The Hall–Kier alpha value is -2.08. The summed E-state index contributed by atoms with van der Waals surface area (Å²) < 4.78 is 5.40. The van der Waals surface area contributed by atoms with Gasteiger partial charge >= 0.3 is 0 Å². The lowest BCUT2D eigenvalue weighted by Gasteiger charge is -2.29. The highest BCUT2D eigenvalue weighted by Gasteiger charge is 2.24. The third-order valence-corrected chi connectivity index (χ3v) is 3.73. The lowest BCUT2D eigenvalue weighted by Crippen LogP contribution is -2.43. The molecule has 0 spiro atoms. The van der Waals surface area contributed by atoms with Crippen molar-refractivity contribution >= 4 is 17.5 Å². The molecule has 0 unspecified atom stereocenters. The van der Waals surface area contributed by atoms with Crippen LogP contribution in [0.5, 0.6) is 5.75 Å². The Bertz CT molecular complexity index is 560. The number of rotatable bonds is 7. The number of nitrogens with two attached hydrogens (primary N) is 1. The molecule has 0 radical (unpaired) electrons. The Morgan fingerprint density at radius 3 is 2.87 bits per heavy atom. The Labute approximate surface area is 137 Å².